The van der Waals surface area contributed by atoms with Crippen LogP contribution in [0.5, 0.6) is 5.75 Å². The molecule has 154 valence electrons. The number of nitrogens with one attached hydrogen (secondary N) is 2. The predicted molar refractivity (Wildman–Crippen MR) is 110 cm³/mol. The van der Waals surface area contributed by atoms with Gasteiger partial charge in [0.1, 0.15) is 11.6 Å². The van der Waals surface area contributed by atoms with Gasteiger partial charge in [-0.25, -0.2) is 4.98 Å². The van der Waals surface area contributed by atoms with Crippen LogP contribution < -0.4 is 9.46 Å². The molecule has 0 unspecified atom stereocenters. The lowest BCUT2D eigenvalue weighted by atomic mass is 9.95. The van der Waals surface area contributed by atoms with Crippen LogP contribution in [0.15, 0.2) is 42.5 Å². The van der Waals surface area contributed by atoms with Crippen LogP contribution in [-0.4, -0.2) is 21.1 Å². The van der Waals surface area contributed by atoms with Crippen molar-refractivity contribution in [3.63, 3.8) is 0 Å². The molecule has 3 aromatic rings. The number of benzene rings is 2. The zero-order valence-corrected chi connectivity index (χ0v) is 17.2. The van der Waals surface area contributed by atoms with Crippen molar-refractivity contribution in [2.45, 2.75) is 50.1 Å². The number of aromatic amines is 1. The lowest BCUT2D eigenvalue weighted by Crippen LogP contribution is -2.18. The zero-order valence-electron chi connectivity index (χ0n) is 16.4. The first-order valence-electron chi connectivity index (χ1n) is 9.35. The summed E-state index contributed by atoms with van der Waals surface area (Å²) in [4.78, 5) is 8.10. The summed E-state index contributed by atoms with van der Waals surface area (Å²) in [6.07, 6.45) is -3.05. The highest BCUT2D eigenvalue weighted by Gasteiger charge is 2.49. The van der Waals surface area contributed by atoms with E-state index in [4.69, 9.17) is 4.98 Å². The maximum Gasteiger partial charge on any atom is 0.573 e. The molecule has 1 aliphatic carbocycles. The third kappa shape index (κ3) is 4.47. The molecule has 0 aliphatic heterocycles. The fraction of sp³-hybridized carbons (Fsp3) is 0.381. The zero-order chi connectivity index (χ0) is 20.9. The van der Waals surface area contributed by atoms with Crippen LogP contribution in [0.3, 0.4) is 0 Å². The number of aromatic nitrogens is 2. The number of imidazole rings is 1. The monoisotopic (exact) mass is 421 g/mol. The Balaban J connectivity index is 1.62. The molecule has 1 saturated carbocycles. The first-order chi connectivity index (χ1) is 13.5. The Kier molecular flexibility index (Phi) is 4.72. The number of hydrogen-bond acceptors (Lipinski definition) is 4. The van der Waals surface area contributed by atoms with E-state index >= 15 is 0 Å². The fourth-order valence-electron chi connectivity index (χ4n) is 3.29. The molecule has 8 heteroatoms. The number of hydrogen-bond donors (Lipinski definition) is 2. The Labute approximate surface area is 171 Å². The van der Waals surface area contributed by atoms with E-state index < -0.39 is 11.8 Å². The molecule has 0 saturated heterocycles. The number of rotatable bonds is 5. The Hall–Kier alpha value is -2.35. The third-order valence-electron chi connectivity index (χ3n) is 4.78. The van der Waals surface area contributed by atoms with Gasteiger partial charge < -0.3 is 14.4 Å². The van der Waals surface area contributed by atoms with Crippen LogP contribution in [-0.2, 0) is 5.41 Å². The molecule has 4 nitrogen and oxygen atoms in total. The van der Waals surface area contributed by atoms with Crippen molar-refractivity contribution in [1.82, 2.24) is 9.97 Å². The average Bonchev–Trinajstić information content (AvgIpc) is 3.31. The lowest BCUT2D eigenvalue weighted by molar-refractivity contribution is -0.274. The molecule has 0 amide bonds. The molecule has 2 N–H and O–H groups in total. The number of H-pyrrole nitrogens is 1. The fourth-order valence-corrected chi connectivity index (χ4v) is 3.84. The summed E-state index contributed by atoms with van der Waals surface area (Å²) in [5, 5.41) is 0. The molecule has 1 aliphatic rings. The topological polar surface area (TPSA) is 49.9 Å². The van der Waals surface area contributed by atoms with Crippen LogP contribution in [0.2, 0.25) is 0 Å². The van der Waals surface area contributed by atoms with Gasteiger partial charge in [-0.15, -0.1) is 13.2 Å². The smallest absolute Gasteiger partial charge is 0.406 e. The van der Waals surface area contributed by atoms with E-state index in [1.807, 2.05) is 24.3 Å². The van der Waals surface area contributed by atoms with Crippen molar-refractivity contribution in [1.29, 1.82) is 0 Å². The molecular weight excluding hydrogens is 399 g/mol. The van der Waals surface area contributed by atoms with Gasteiger partial charge in [-0.3, -0.25) is 0 Å². The highest BCUT2D eigenvalue weighted by atomic mass is 32.2. The second kappa shape index (κ2) is 6.86. The normalized spacial score (nSPS) is 16.1. The summed E-state index contributed by atoms with van der Waals surface area (Å²) in [7, 11) is 0. The molecule has 0 radical (unpaired) electrons. The molecule has 0 atom stereocenters. The van der Waals surface area contributed by atoms with E-state index in [9.17, 15) is 13.2 Å². The number of anilines is 1. The maximum atomic E-state index is 12.6. The number of alkyl halides is 3. The van der Waals surface area contributed by atoms with Gasteiger partial charge in [0, 0.05) is 10.4 Å². The van der Waals surface area contributed by atoms with Gasteiger partial charge in [0.25, 0.3) is 0 Å². The first-order valence-corrected chi connectivity index (χ1v) is 10.2. The van der Waals surface area contributed by atoms with Crippen molar-refractivity contribution in [2.75, 3.05) is 4.72 Å². The number of ether oxygens (including phenoxy) is 1. The van der Waals surface area contributed by atoms with Gasteiger partial charge >= 0.3 is 6.36 Å². The minimum absolute atomic E-state index is 0.0790. The molecule has 1 aromatic heterocycles. The van der Waals surface area contributed by atoms with Gasteiger partial charge in [-0.1, -0.05) is 12.1 Å². The third-order valence-corrected chi connectivity index (χ3v) is 5.73. The largest absolute Gasteiger partial charge is 0.573 e. The van der Waals surface area contributed by atoms with Crippen LogP contribution in [0.4, 0.5) is 18.9 Å². The summed E-state index contributed by atoms with van der Waals surface area (Å²) in [5.41, 5.74) is 3.09. The van der Waals surface area contributed by atoms with Crippen LogP contribution in [0, 0.1) is 0 Å². The summed E-state index contributed by atoms with van der Waals surface area (Å²) >= 11 is 1.63. The van der Waals surface area contributed by atoms with Crippen molar-refractivity contribution in [3.05, 3.63) is 53.9 Å². The quantitative estimate of drug-likeness (QED) is 0.468. The van der Waals surface area contributed by atoms with E-state index in [2.05, 4.69) is 35.2 Å². The summed E-state index contributed by atoms with van der Waals surface area (Å²) in [6.45, 7) is 6.39. The Morgan fingerprint density at radius 1 is 1.10 bits per heavy atom. The minimum atomic E-state index is -4.71. The molecule has 4 rings (SSSR count). The SMILES string of the molecule is CC(C)(C)SNc1ccc2nc(C3(c4cccc(OC(F)(F)F)c4)CC3)[nH]c2c1. The number of halogens is 3. The van der Waals surface area contributed by atoms with Gasteiger partial charge in [0.05, 0.1) is 16.4 Å². The molecule has 29 heavy (non-hydrogen) atoms. The summed E-state index contributed by atoms with van der Waals surface area (Å²) in [6, 6.07) is 12.1. The van der Waals surface area contributed by atoms with Crippen molar-refractivity contribution in [2.24, 2.45) is 0 Å². The van der Waals surface area contributed by atoms with Gasteiger partial charge in [-0.05, 0) is 81.5 Å². The molecule has 0 spiro atoms. The van der Waals surface area contributed by atoms with Crippen molar-refractivity contribution >= 4 is 28.7 Å². The highest BCUT2D eigenvalue weighted by molar-refractivity contribution is 8.01. The predicted octanol–water partition coefficient (Wildman–Crippen LogP) is 6.40. The molecule has 1 heterocycles. The second-order valence-corrected chi connectivity index (χ2v) is 9.92. The Morgan fingerprint density at radius 2 is 1.86 bits per heavy atom. The number of fused-ring (bicyclic) bond motifs is 1. The van der Waals surface area contributed by atoms with E-state index in [1.165, 1.54) is 12.1 Å². The van der Waals surface area contributed by atoms with Crippen LogP contribution in [0.1, 0.15) is 45.0 Å². The highest BCUT2D eigenvalue weighted by Crippen LogP contribution is 2.53. The summed E-state index contributed by atoms with van der Waals surface area (Å²) in [5.74, 6) is 0.570. The van der Waals surface area contributed by atoms with Crippen molar-refractivity contribution < 1.29 is 17.9 Å². The standard InChI is InChI=1S/C21H22F3N3OS/c1-19(2,3)29-27-14-7-8-16-17(12-14)26-18(25-16)20(9-10-20)13-5-4-6-15(11-13)28-21(22,23)24/h4-8,11-12,27H,9-10H2,1-3H3,(H,25,26). The average molecular weight is 421 g/mol. The van der Waals surface area contributed by atoms with Gasteiger partial charge in [0.15, 0.2) is 0 Å². The molecule has 2 aromatic carbocycles. The van der Waals surface area contributed by atoms with E-state index in [0.29, 0.717) is 0 Å². The summed E-state index contributed by atoms with van der Waals surface area (Å²) < 4.78 is 45.2. The van der Waals surface area contributed by atoms with E-state index in [0.717, 1.165) is 41.0 Å². The van der Waals surface area contributed by atoms with Gasteiger partial charge in [-0.2, -0.15) is 0 Å². The Bertz CT molecular complexity index is 1040. The van der Waals surface area contributed by atoms with E-state index in [-0.39, 0.29) is 10.5 Å². The Morgan fingerprint density at radius 3 is 2.52 bits per heavy atom. The first kappa shape index (κ1) is 19.9. The maximum absolute atomic E-state index is 12.6. The number of nitrogens with zero attached hydrogens (tertiary/aromatic N) is 1. The second-order valence-electron chi connectivity index (χ2n) is 8.29. The molecule has 1 fully saturated rings. The molecular formula is C21H22F3N3OS. The molecule has 0 bridgehead atoms. The van der Waals surface area contributed by atoms with Crippen LogP contribution >= 0.6 is 11.9 Å². The van der Waals surface area contributed by atoms with Gasteiger partial charge in [0.2, 0.25) is 0 Å². The van der Waals surface area contributed by atoms with Crippen LogP contribution in [0.25, 0.3) is 11.0 Å². The van der Waals surface area contributed by atoms with E-state index in [1.54, 1.807) is 18.0 Å². The van der Waals surface area contributed by atoms with Crippen molar-refractivity contribution in [3.8, 4) is 5.75 Å². The minimum Gasteiger partial charge on any atom is -0.406 e. The lowest BCUT2D eigenvalue weighted by Gasteiger charge is -2.18.